The fourth-order valence-electron chi connectivity index (χ4n) is 9.72. The molecule has 0 spiro atoms. The molecule has 0 radical (unpaired) electrons. The van der Waals surface area contributed by atoms with E-state index in [1.807, 2.05) is 6.20 Å². The number of pyridine rings is 1. The quantitative estimate of drug-likeness (QED) is 0.101. The minimum absolute atomic E-state index is 0.0291. The SMILES string of the molecule is CC(C)(C)c1ccnc(-n2c3ccccc3c3ccc(Oc4cc(-n5[c-][n+](-c6cc(-c7ccccc7)cc(C(C)(C)c7ccccc7)c6)cc5C(C)(C)C)cc(C(C)(C)c5ccccc5)c4)cc32)c1. The van der Waals surface area contributed by atoms with Gasteiger partial charge in [-0.2, -0.15) is 0 Å². The standard InChI is InChI=1S/C64H62N4O/c1-61(2,3)48-32-33-65-60(39-48)68-57-29-21-20-28-55(57)56-31-30-53(41-58(56)68)69-54-38-50(64(9,10)47-26-18-13-19-27-47)37-52(40-54)67-43-66(42-59(67)62(4,5)6)51-35-45(44-22-14-11-15-23-44)34-49(36-51)63(7,8)46-24-16-12-17-25-46/h11-42H,1-10H3. The van der Waals surface area contributed by atoms with E-state index in [1.165, 1.54) is 33.2 Å². The molecule has 0 unspecified atom stereocenters. The molecule has 344 valence electrons. The number of para-hydroxylation sites is 1. The van der Waals surface area contributed by atoms with Gasteiger partial charge < -0.3 is 4.74 Å². The molecule has 0 aliphatic heterocycles. The molecule has 0 amide bonds. The highest BCUT2D eigenvalue weighted by atomic mass is 16.5. The number of hydrogen-bond donors (Lipinski definition) is 0. The predicted molar refractivity (Wildman–Crippen MR) is 285 cm³/mol. The van der Waals surface area contributed by atoms with Gasteiger partial charge in [0.1, 0.15) is 17.3 Å². The summed E-state index contributed by atoms with van der Waals surface area (Å²) in [6, 6.07) is 65.3. The maximum absolute atomic E-state index is 7.09. The third-order valence-corrected chi connectivity index (χ3v) is 14.1. The van der Waals surface area contributed by atoms with Crippen molar-refractivity contribution in [3.63, 3.8) is 0 Å². The number of imidazole rings is 1. The van der Waals surface area contributed by atoms with E-state index in [-0.39, 0.29) is 21.7 Å². The van der Waals surface area contributed by atoms with Crippen LogP contribution in [0.3, 0.4) is 0 Å². The predicted octanol–water partition coefficient (Wildman–Crippen LogP) is 15.8. The van der Waals surface area contributed by atoms with E-state index in [1.54, 1.807) is 0 Å². The van der Waals surface area contributed by atoms with Crippen LogP contribution >= 0.6 is 0 Å². The second-order valence-corrected chi connectivity index (χ2v) is 21.7. The smallest absolute Gasteiger partial charge is 0.269 e. The molecule has 5 heteroatoms. The Labute approximate surface area is 408 Å². The summed E-state index contributed by atoms with van der Waals surface area (Å²) in [7, 11) is 0. The van der Waals surface area contributed by atoms with E-state index in [2.05, 4.69) is 277 Å². The molecule has 0 bridgehead atoms. The zero-order valence-electron chi connectivity index (χ0n) is 41.7. The second-order valence-electron chi connectivity index (χ2n) is 21.7. The van der Waals surface area contributed by atoms with Gasteiger partial charge in [-0.1, -0.05) is 184 Å². The Balaban J connectivity index is 1.14. The molecule has 3 heterocycles. The highest BCUT2D eigenvalue weighted by molar-refractivity contribution is 6.09. The van der Waals surface area contributed by atoms with Gasteiger partial charge in [0.15, 0.2) is 0 Å². The number of aromatic nitrogens is 4. The van der Waals surface area contributed by atoms with Gasteiger partial charge in [0.2, 0.25) is 0 Å². The zero-order chi connectivity index (χ0) is 48.3. The van der Waals surface area contributed by atoms with Crippen LogP contribution in [0.25, 0.3) is 50.1 Å². The average Bonchev–Trinajstić information content (AvgIpc) is 3.96. The van der Waals surface area contributed by atoms with Crippen LogP contribution in [0.1, 0.15) is 103 Å². The largest absolute Gasteiger partial charge is 0.458 e. The minimum Gasteiger partial charge on any atom is -0.458 e. The fourth-order valence-corrected chi connectivity index (χ4v) is 9.72. The number of nitrogens with zero attached hydrogens (tertiary/aromatic N) is 4. The summed E-state index contributed by atoms with van der Waals surface area (Å²) in [6.07, 6.45) is 8.06. The number of rotatable bonds is 10. The normalized spacial score (nSPS) is 12.5. The lowest BCUT2D eigenvalue weighted by Gasteiger charge is -2.28. The van der Waals surface area contributed by atoms with Crippen LogP contribution in [-0.2, 0) is 21.7 Å². The highest BCUT2D eigenvalue weighted by Crippen LogP contribution is 2.41. The van der Waals surface area contributed by atoms with Crippen molar-refractivity contribution in [3.8, 4) is 39.8 Å². The van der Waals surface area contributed by atoms with Crippen LogP contribution in [0.5, 0.6) is 11.5 Å². The molecule has 7 aromatic carbocycles. The van der Waals surface area contributed by atoms with Crippen molar-refractivity contribution in [2.24, 2.45) is 0 Å². The summed E-state index contributed by atoms with van der Waals surface area (Å²) >= 11 is 0. The van der Waals surface area contributed by atoms with Gasteiger partial charge in [-0.3, -0.25) is 13.7 Å². The monoisotopic (exact) mass is 902 g/mol. The molecule has 10 rings (SSSR count). The molecule has 10 aromatic rings. The van der Waals surface area contributed by atoms with Crippen molar-refractivity contribution < 1.29 is 9.30 Å². The maximum atomic E-state index is 7.09. The minimum atomic E-state index is -0.359. The Morgan fingerprint density at radius 1 is 0.464 bits per heavy atom. The first-order valence-corrected chi connectivity index (χ1v) is 24.2. The lowest BCUT2D eigenvalue weighted by atomic mass is 9.77. The molecule has 0 saturated heterocycles. The summed E-state index contributed by atoms with van der Waals surface area (Å²) in [5.41, 5.74) is 12.8. The van der Waals surface area contributed by atoms with Gasteiger partial charge in [0.05, 0.1) is 28.1 Å². The molecular weight excluding hydrogens is 841 g/mol. The van der Waals surface area contributed by atoms with Gasteiger partial charge in [0.25, 0.3) is 6.33 Å². The Morgan fingerprint density at radius 3 is 1.72 bits per heavy atom. The van der Waals surface area contributed by atoms with Gasteiger partial charge in [-0.25, -0.2) is 4.98 Å². The van der Waals surface area contributed by atoms with Gasteiger partial charge in [0, 0.05) is 40.1 Å². The third-order valence-electron chi connectivity index (χ3n) is 14.1. The molecule has 3 aromatic heterocycles. The maximum Gasteiger partial charge on any atom is 0.269 e. The van der Waals surface area contributed by atoms with Crippen LogP contribution in [0.15, 0.2) is 194 Å². The Morgan fingerprint density at radius 2 is 1.07 bits per heavy atom. The lowest BCUT2D eigenvalue weighted by molar-refractivity contribution is -0.599. The first-order chi connectivity index (χ1) is 32.9. The van der Waals surface area contributed by atoms with Crippen molar-refractivity contribution in [1.82, 2.24) is 14.1 Å². The summed E-state index contributed by atoms with van der Waals surface area (Å²) in [6.45, 7) is 22.8. The number of ether oxygens (including phenoxy) is 1. The first-order valence-electron chi connectivity index (χ1n) is 24.2. The molecular formula is C64H62N4O. The molecule has 5 nitrogen and oxygen atoms in total. The summed E-state index contributed by atoms with van der Waals surface area (Å²) in [5, 5.41) is 2.32. The van der Waals surface area contributed by atoms with Gasteiger partial charge >= 0.3 is 0 Å². The molecule has 0 fully saturated rings. The van der Waals surface area contributed by atoms with E-state index in [9.17, 15) is 0 Å². The van der Waals surface area contributed by atoms with Crippen molar-refractivity contribution in [3.05, 3.63) is 234 Å². The number of benzene rings is 7. The van der Waals surface area contributed by atoms with Gasteiger partial charge in [-0.05, 0) is 110 Å². The topological polar surface area (TPSA) is 35.9 Å². The van der Waals surface area contributed by atoms with E-state index >= 15 is 0 Å². The molecule has 0 aliphatic carbocycles. The number of fused-ring (bicyclic) bond motifs is 3. The van der Waals surface area contributed by atoms with Crippen molar-refractivity contribution in [1.29, 1.82) is 0 Å². The fraction of sp³-hybridized carbons (Fsp3) is 0.219. The van der Waals surface area contributed by atoms with Crippen LogP contribution in [0, 0.1) is 6.33 Å². The van der Waals surface area contributed by atoms with Crippen LogP contribution in [0.4, 0.5) is 0 Å². The molecule has 0 atom stereocenters. The summed E-state index contributed by atoms with van der Waals surface area (Å²) in [5.74, 6) is 2.37. The van der Waals surface area contributed by atoms with Gasteiger partial charge in [-0.15, -0.1) is 0 Å². The van der Waals surface area contributed by atoms with E-state index in [0.717, 1.165) is 61.9 Å². The second kappa shape index (κ2) is 17.2. The van der Waals surface area contributed by atoms with Crippen molar-refractivity contribution >= 4 is 21.8 Å². The van der Waals surface area contributed by atoms with E-state index in [4.69, 9.17) is 9.72 Å². The Hall–Kier alpha value is -7.50. The van der Waals surface area contributed by atoms with Crippen LogP contribution in [0.2, 0.25) is 0 Å². The summed E-state index contributed by atoms with van der Waals surface area (Å²) in [4.78, 5) is 4.94. The third kappa shape index (κ3) is 8.67. The average molecular weight is 903 g/mol. The molecule has 0 N–H and O–H groups in total. The molecule has 69 heavy (non-hydrogen) atoms. The first kappa shape index (κ1) is 45.3. The zero-order valence-corrected chi connectivity index (χ0v) is 41.7. The summed E-state index contributed by atoms with van der Waals surface area (Å²) < 4.78 is 13.8. The van der Waals surface area contributed by atoms with Crippen molar-refractivity contribution in [2.75, 3.05) is 0 Å². The lowest BCUT2D eigenvalue weighted by Crippen LogP contribution is -2.30. The number of hydrogen-bond acceptors (Lipinski definition) is 2. The Kier molecular flexibility index (Phi) is 11.3. The van der Waals surface area contributed by atoms with Crippen molar-refractivity contribution in [2.45, 2.75) is 90.9 Å². The molecule has 0 saturated carbocycles. The van der Waals surface area contributed by atoms with E-state index in [0.29, 0.717) is 0 Å². The highest BCUT2D eigenvalue weighted by Gasteiger charge is 2.29. The Bertz CT molecular complexity index is 3470. The molecule has 0 aliphatic rings. The van der Waals surface area contributed by atoms with E-state index < -0.39 is 0 Å². The van der Waals surface area contributed by atoms with Crippen LogP contribution in [-0.4, -0.2) is 14.1 Å². The van der Waals surface area contributed by atoms with Crippen LogP contribution < -0.4 is 9.30 Å².